The van der Waals surface area contributed by atoms with Gasteiger partial charge in [-0.2, -0.15) is 5.10 Å². The summed E-state index contributed by atoms with van der Waals surface area (Å²) in [5.41, 5.74) is 5.00. The lowest BCUT2D eigenvalue weighted by Crippen LogP contribution is -2.11. The molecule has 2 aromatic carbocycles. The number of benzene rings is 2. The zero-order valence-electron chi connectivity index (χ0n) is 18.0. The van der Waals surface area contributed by atoms with Crippen LogP contribution in [-0.2, 0) is 4.74 Å². The Morgan fingerprint density at radius 1 is 1.06 bits per heavy atom. The van der Waals surface area contributed by atoms with Gasteiger partial charge in [0.05, 0.1) is 24.6 Å². The van der Waals surface area contributed by atoms with Crippen molar-refractivity contribution in [2.45, 2.75) is 38.0 Å². The van der Waals surface area contributed by atoms with Gasteiger partial charge in [-0.05, 0) is 42.0 Å². The third-order valence-electron chi connectivity index (χ3n) is 5.81. The Bertz CT molecular complexity index is 1120. The van der Waals surface area contributed by atoms with Crippen LogP contribution in [0.2, 0.25) is 0 Å². The number of thiazole rings is 1. The molecule has 0 radical (unpaired) electrons. The lowest BCUT2D eigenvalue weighted by molar-refractivity contribution is 0.0600. The van der Waals surface area contributed by atoms with Crippen LogP contribution in [0.25, 0.3) is 11.3 Å². The lowest BCUT2D eigenvalue weighted by Gasteiger charge is -2.22. The van der Waals surface area contributed by atoms with Crippen LogP contribution in [0.15, 0.2) is 64.0 Å². The molecule has 3 aromatic rings. The van der Waals surface area contributed by atoms with Gasteiger partial charge >= 0.3 is 5.97 Å². The molecule has 0 amide bonds. The minimum atomic E-state index is -0.346. The molecule has 0 unspecified atom stereocenters. The molecule has 6 heteroatoms. The highest BCUT2D eigenvalue weighted by atomic mass is 32.1. The van der Waals surface area contributed by atoms with Gasteiger partial charge in [-0.15, -0.1) is 11.3 Å². The summed E-state index contributed by atoms with van der Waals surface area (Å²) in [5, 5.41) is 6.78. The summed E-state index contributed by atoms with van der Waals surface area (Å²) in [7, 11) is 3.16. The van der Waals surface area contributed by atoms with Crippen molar-refractivity contribution in [3.05, 3.63) is 75.4 Å². The maximum Gasteiger partial charge on any atom is 0.337 e. The highest BCUT2D eigenvalue weighted by Crippen LogP contribution is 2.33. The van der Waals surface area contributed by atoms with E-state index in [1.54, 1.807) is 36.7 Å². The van der Waals surface area contributed by atoms with Crippen molar-refractivity contribution in [3.8, 4) is 11.3 Å². The van der Waals surface area contributed by atoms with Gasteiger partial charge in [0.15, 0.2) is 0 Å². The predicted molar refractivity (Wildman–Crippen MR) is 126 cm³/mol. The minimum Gasteiger partial charge on any atom is -0.465 e. The Morgan fingerprint density at radius 3 is 2.42 bits per heavy atom. The van der Waals surface area contributed by atoms with Crippen LogP contribution in [0.4, 0.5) is 0 Å². The number of nitrogens with zero attached hydrogens (tertiary/aromatic N) is 3. The fourth-order valence-corrected chi connectivity index (χ4v) is 4.87. The molecule has 5 nitrogen and oxygen atoms in total. The maximum atomic E-state index is 11.6. The highest BCUT2D eigenvalue weighted by molar-refractivity contribution is 7.07. The maximum absolute atomic E-state index is 11.6. The van der Waals surface area contributed by atoms with Crippen LogP contribution in [0.1, 0.15) is 59.5 Å². The molecule has 0 aliphatic heterocycles. The number of aromatic nitrogens is 1. The van der Waals surface area contributed by atoms with Gasteiger partial charge in [-0.25, -0.2) is 9.47 Å². The van der Waals surface area contributed by atoms with Gasteiger partial charge < -0.3 is 4.74 Å². The van der Waals surface area contributed by atoms with Crippen molar-refractivity contribution < 1.29 is 9.53 Å². The van der Waals surface area contributed by atoms with Gasteiger partial charge in [-0.3, -0.25) is 4.99 Å². The van der Waals surface area contributed by atoms with Crippen molar-refractivity contribution in [1.29, 1.82) is 0 Å². The first-order valence-electron chi connectivity index (χ1n) is 10.7. The number of ether oxygens (including phenoxy) is 1. The summed E-state index contributed by atoms with van der Waals surface area (Å²) in [5.74, 6) is 0.353. The van der Waals surface area contributed by atoms with Crippen LogP contribution in [0.5, 0.6) is 0 Å². The molecule has 1 heterocycles. The number of carbonyl (C=O) groups excluding carboxylic acids is 1. The Hall–Kier alpha value is -2.99. The molecule has 1 fully saturated rings. The standard InChI is InChI=1S/C25H27N3O2S/c1-26-25-28(27-16-18-8-10-22(11-9-18)24(29)30-2)23(17-31-25)21-14-12-20(13-15-21)19-6-4-3-5-7-19/h8-17,19H,3-7H2,1-2H3. The van der Waals surface area contributed by atoms with E-state index < -0.39 is 0 Å². The van der Waals surface area contributed by atoms with Crippen molar-refractivity contribution in [2.24, 2.45) is 10.1 Å². The predicted octanol–water partition coefficient (Wildman–Crippen LogP) is 5.46. The van der Waals surface area contributed by atoms with E-state index >= 15 is 0 Å². The van der Waals surface area contributed by atoms with Gasteiger partial charge in [-0.1, -0.05) is 55.7 Å². The quantitative estimate of drug-likeness (QED) is 0.396. The van der Waals surface area contributed by atoms with Crippen LogP contribution in [-0.4, -0.2) is 31.0 Å². The Balaban J connectivity index is 1.59. The summed E-state index contributed by atoms with van der Waals surface area (Å²) in [4.78, 5) is 16.8. The van der Waals surface area contributed by atoms with Crippen molar-refractivity contribution in [3.63, 3.8) is 0 Å². The van der Waals surface area contributed by atoms with Gasteiger partial charge in [0.25, 0.3) is 0 Å². The Kier molecular flexibility index (Phi) is 6.77. The number of hydrogen-bond donors (Lipinski definition) is 0. The molecule has 1 aromatic heterocycles. The van der Waals surface area contributed by atoms with Crippen LogP contribution in [0.3, 0.4) is 0 Å². The van der Waals surface area contributed by atoms with E-state index in [1.165, 1.54) is 44.8 Å². The van der Waals surface area contributed by atoms with E-state index in [9.17, 15) is 4.79 Å². The Labute approximate surface area is 186 Å². The highest BCUT2D eigenvalue weighted by Gasteiger charge is 2.16. The smallest absolute Gasteiger partial charge is 0.337 e. The van der Waals surface area contributed by atoms with Crippen LogP contribution in [0, 0.1) is 0 Å². The average Bonchev–Trinajstić information content (AvgIpc) is 3.26. The third kappa shape index (κ3) is 4.85. The molecule has 31 heavy (non-hydrogen) atoms. The van der Waals surface area contributed by atoms with E-state index in [2.05, 4.69) is 39.7 Å². The van der Waals surface area contributed by atoms with E-state index in [0.717, 1.165) is 21.6 Å². The molecule has 0 saturated heterocycles. The summed E-state index contributed by atoms with van der Waals surface area (Å²) < 4.78 is 6.62. The van der Waals surface area contributed by atoms with Crippen LogP contribution < -0.4 is 4.80 Å². The fraction of sp³-hybridized carbons (Fsp3) is 0.320. The molecule has 1 aliphatic carbocycles. The zero-order valence-corrected chi connectivity index (χ0v) is 18.8. The van der Waals surface area contributed by atoms with Gasteiger partial charge in [0.1, 0.15) is 0 Å². The molecular formula is C25H27N3O2S. The fourth-order valence-electron chi connectivity index (χ4n) is 4.07. The molecule has 1 saturated carbocycles. The van der Waals surface area contributed by atoms with E-state index in [1.807, 2.05) is 16.8 Å². The molecule has 0 spiro atoms. The monoisotopic (exact) mass is 433 g/mol. The lowest BCUT2D eigenvalue weighted by atomic mass is 9.84. The Morgan fingerprint density at radius 2 is 1.77 bits per heavy atom. The second-order valence-electron chi connectivity index (χ2n) is 7.75. The number of rotatable bonds is 5. The average molecular weight is 434 g/mol. The summed E-state index contributed by atoms with van der Waals surface area (Å²) >= 11 is 1.57. The normalized spacial score (nSPS) is 15.5. The first kappa shape index (κ1) is 21.2. The molecule has 0 N–H and O–H groups in total. The SMILES string of the molecule is CN=c1scc(-c2ccc(C3CCCCC3)cc2)n1N=Cc1ccc(C(=O)OC)cc1. The molecule has 0 atom stereocenters. The first-order valence-corrected chi connectivity index (χ1v) is 11.5. The number of methoxy groups -OCH3 is 1. The number of esters is 1. The third-order valence-corrected chi connectivity index (χ3v) is 6.72. The van der Waals surface area contributed by atoms with Gasteiger partial charge in [0.2, 0.25) is 4.80 Å². The second kappa shape index (κ2) is 9.88. The number of hydrogen-bond acceptors (Lipinski definition) is 5. The molecule has 160 valence electrons. The zero-order chi connectivity index (χ0) is 21.6. The molecule has 4 rings (SSSR count). The van der Waals surface area contributed by atoms with Gasteiger partial charge in [0, 0.05) is 18.0 Å². The van der Waals surface area contributed by atoms with E-state index in [-0.39, 0.29) is 5.97 Å². The summed E-state index contributed by atoms with van der Waals surface area (Å²) in [6.45, 7) is 0. The largest absolute Gasteiger partial charge is 0.465 e. The van der Waals surface area contributed by atoms with Crippen molar-refractivity contribution in [1.82, 2.24) is 4.68 Å². The van der Waals surface area contributed by atoms with Crippen molar-refractivity contribution in [2.75, 3.05) is 14.2 Å². The minimum absolute atomic E-state index is 0.346. The van der Waals surface area contributed by atoms with E-state index in [4.69, 9.17) is 4.74 Å². The second-order valence-corrected chi connectivity index (χ2v) is 8.59. The molecule has 1 aliphatic rings. The van der Waals surface area contributed by atoms with Crippen molar-refractivity contribution >= 4 is 23.5 Å². The topological polar surface area (TPSA) is 56.0 Å². The first-order chi connectivity index (χ1) is 15.2. The van der Waals surface area contributed by atoms with Crippen LogP contribution >= 0.6 is 11.3 Å². The molecule has 0 bridgehead atoms. The summed E-state index contributed by atoms with van der Waals surface area (Å²) in [6, 6.07) is 16.1. The summed E-state index contributed by atoms with van der Waals surface area (Å²) in [6.07, 6.45) is 8.44. The number of carbonyl (C=O) groups is 1. The van der Waals surface area contributed by atoms with E-state index in [0.29, 0.717) is 11.5 Å². The molecular weight excluding hydrogens is 406 g/mol.